The third-order valence-corrected chi connectivity index (χ3v) is 1.13. The molecular weight excluding hydrogens is 132 g/mol. The molecule has 0 aliphatic heterocycles. The third kappa shape index (κ3) is 5.24. The van der Waals surface area contributed by atoms with E-state index in [0.29, 0.717) is 0 Å². The lowest BCUT2D eigenvalue weighted by atomic mass is 10.2. The molecule has 0 unspecified atom stereocenters. The van der Waals surface area contributed by atoms with Crippen molar-refractivity contribution >= 4 is 0 Å². The molecule has 0 heteroatoms. The molecule has 0 atom stereocenters. The molecule has 0 aliphatic carbocycles. The van der Waals surface area contributed by atoms with Crippen LogP contribution in [0.4, 0.5) is 0 Å². The molecule has 58 valence electrons. The van der Waals surface area contributed by atoms with Crippen molar-refractivity contribution in [1.29, 1.82) is 0 Å². The van der Waals surface area contributed by atoms with Gasteiger partial charge in [0, 0.05) is 5.57 Å². The van der Waals surface area contributed by atoms with Crippen molar-refractivity contribution in [2.45, 2.75) is 20.8 Å². The largest absolute Gasteiger partial charge is 0.101 e. The van der Waals surface area contributed by atoms with E-state index < -0.39 is 0 Å². The second-order valence-corrected chi connectivity index (χ2v) is 2.30. The maximum Gasteiger partial charge on any atom is 0.0202 e. The van der Waals surface area contributed by atoms with E-state index in [1.54, 1.807) is 0 Å². The molecule has 0 bridgehead atoms. The molecule has 0 aromatic rings. The lowest BCUT2D eigenvalue weighted by molar-refractivity contribution is 1.54. The van der Waals surface area contributed by atoms with Crippen LogP contribution in [0.3, 0.4) is 0 Å². The molecule has 0 aliphatic rings. The van der Waals surface area contributed by atoms with Gasteiger partial charge in [-0.25, -0.2) is 0 Å². The zero-order valence-electron chi connectivity index (χ0n) is 7.44. The number of hydrogen-bond donors (Lipinski definition) is 0. The van der Waals surface area contributed by atoms with Crippen molar-refractivity contribution in [2.75, 3.05) is 0 Å². The number of hydrogen-bond acceptors (Lipinski definition) is 0. The minimum absolute atomic E-state index is 1.04. The molecule has 11 heavy (non-hydrogen) atoms. The van der Waals surface area contributed by atoms with Gasteiger partial charge in [0.15, 0.2) is 0 Å². The fraction of sp³-hybridized carbons (Fsp3) is 0.273. The molecule has 0 saturated carbocycles. The summed E-state index contributed by atoms with van der Waals surface area (Å²) >= 11 is 0. The maximum absolute atomic E-state index is 3.76. The fourth-order valence-corrected chi connectivity index (χ4v) is 0.586. The second kappa shape index (κ2) is 5.56. The predicted octanol–water partition coefficient (Wildman–Crippen LogP) is 3.09. The topological polar surface area (TPSA) is 0 Å². The Balaban J connectivity index is 4.30. The van der Waals surface area contributed by atoms with E-state index in [9.17, 15) is 0 Å². The Morgan fingerprint density at radius 3 is 2.36 bits per heavy atom. The molecule has 0 spiro atoms. The molecule has 0 aromatic heterocycles. The standard InChI is InChI=1S/C11H14/c1-5-7-11(6-2)9-8-10(3)4/h6,8-9H,3H2,1-2,4H3. The highest BCUT2D eigenvalue weighted by atomic mass is 13.8. The number of rotatable bonds is 2. The molecule has 0 rings (SSSR count). The van der Waals surface area contributed by atoms with Crippen LogP contribution in [0.2, 0.25) is 0 Å². The van der Waals surface area contributed by atoms with Gasteiger partial charge in [0.05, 0.1) is 0 Å². The Morgan fingerprint density at radius 1 is 1.36 bits per heavy atom. The van der Waals surface area contributed by atoms with Crippen LogP contribution in [0.25, 0.3) is 0 Å². The van der Waals surface area contributed by atoms with Crippen LogP contribution in [0.15, 0.2) is 36.0 Å². The van der Waals surface area contributed by atoms with Crippen LogP contribution in [0.1, 0.15) is 20.8 Å². The van der Waals surface area contributed by atoms with Crippen molar-refractivity contribution in [3.8, 4) is 11.8 Å². The van der Waals surface area contributed by atoms with Gasteiger partial charge in [-0.15, -0.1) is 5.92 Å². The molecule has 0 amide bonds. The van der Waals surface area contributed by atoms with Gasteiger partial charge in [-0.05, 0) is 26.8 Å². The summed E-state index contributed by atoms with van der Waals surface area (Å²) in [6.07, 6.45) is 5.91. The summed E-state index contributed by atoms with van der Waals surface area (Å²) in [6.45, 7) is 9.53. The van der Waals surface area contributed by atoms with E-state index >= 15 is 0 Å². The van der Waals surface area contributed by atoms with Gasteiger partial charge >= 0.3 is 0 Å². The van der Waals surface area contributed by atoms with Crippen molar-refractivity contribution in [3.05, 3.63) is 36.0 Å². The summed E-state index contributed by atoms with van der Waals surface area (Å²) in [4.78, 5) is 0. The van der Waals surface area contributed by atoms with E-state index in [0.717, 1.165) is 11.1 Å². The van der Waals surface area contributed by atoms with Crippen LogP contribution in [-0.4, -0.2) is 0 Å². The molecule has 0 fully saturated rings. The smallest absolute Gasteiger partial charge is 0.0202 e. The highest BCUT2D eigenvalue weighted by Crippen LogP contribution is 1.97. The summed E-state index contributed by atoms with van der Waals surface area (Å²) in [5.41, 5.74) is 2.08. The van der Waals surface area contributed by atoms with Crippen LogP contribution < -0.4 is 0 Å². The Labute approximate surface area is 69.3 Å². The second-order valence-electron chi connectivity index (χ2n) is 2.30. The summed E-state index contributed by atoms with van der Waals surface area (Å²) in [6, 6.07) is 0. The molecule has 0 aromatic carbocycles. The van der Waals surface area contributed by atoms with Gasteiger partial charge < -0.3 is 0 Å². The molecular formula is C11H14. The maximum atomic E-state index is 3.76. The first-order chi connectivity index (χ1) is 5.20. The summed E-state index contributed by atoms with van der Waals surface area (Å²) < 4.78 is 0. The van der Waals surface area contributed by atoms with Crippen LogP contribution in [0, 0.1) is 11.8 Å². The van der Waals surface area contributed by atoms with Crippen molar-refractivity contribution < 1.29 is 0 Å². The zero-order chi connectivity index (χ0) is 8.69. The van der Waals surface area contributed by atoms with Crippen LogP contribution in [0.5, 0.6) is 0 Å². The van der Waals surface area contributed by atoms with Crippen LogP contribution >= 0.6 is 0 Å². The van der Waals surface area contributed by atoms with Gasteiger partial charge in [-0.2, -0.15) is 0 Å². The van der Waals surface area contributed by atoms with Gasteiger partial charge in [-0.1, -0.05) is 30.2 Å². The average Bonchev–Trinajstić information content (AvgIpc) is 1.97. The monoisotopic (exact) mass is 146 g/mol. The third-order valence-electron chi connectivity index (χ3n) is 1.13. The summed E-state index contributed by atoms with van der Waals surface area (Å²) in [7, 11) is 0. The highest BCUT2D eigenvalue weighted by Gasteiger charge is 1.80. The molecule has 0 nitrogen and oxygen atoms in total. The van der Waals surface area contributed by atoms with E-state index in [4.69, 9.17) is 0 Å². The summed E-state index contributed by atoms with van der Waals surface area (Å²) in [5.74, 6) is 5.81. The SMILES string of the molecule is C=C(C)C=CC(C#CC)=CC. The van der Waals surface area contributed by atoms with Crippen molar-refractivity contribution in [1.82, 2.24) is 0 Å². The van der Waals surface area contributed by atoms with Gasteiger partial charge in [-0.3, -0.25) is 0 Å². The van der Waals surface area contributed by atoms with E-state index in [1.807, 2.05) is 39.0 Å². The molecule has 0 N–H and O–H groups in total. The quantitative estimate of drug-likeness (QED) is 0.415. The highest BCUT2D eigenvalue weighted by molar-refractivity contribution is 5.39. The lowest BCUT2D eigenvalue weighted by Crippen LogP contribution is -1.70. The lowest BCUT2D eigenvalue weighted by Gasteiger charge is -1.87. The van der Waals surface area contributed by atoms with Gasteiger partial charge in [0.1, 0.15) is 0 Å². The van der Waals surface area contributed by atoms with Crippen molar-refractivity contribution in [3.63, 3.8) is 0 Å². The van der Waals surface area contributed by atoms with Crippen molar-refractivity contribution in [2.24, 2.45) is 0 Å². The fourth-order valence-electron chi connectivity index (χ4n) is 0.586. The predicted molar refractivity (Wildman–Crippen MR) is 51.2 cm³/mol. The minimum Gasteiger partial charge on any atom is -0.101 e. The normalized spacial score (nSPS) is 11.0. The van der Waals surface area contributed by atoms with E-state index in [-0.39, 0.29) is 0 Å². The molecule has 0 radical (unpaired) electrons. The van der Waals surface area contributed by atoms with E-state index in [2.05, 4.69) is 18.4 Å². The Hall–Kier alpha value is -1.22. The summed E-state index contributed by atoms with van der Waals surface area (Å²) in [5, 5.41) is 0. The first-order valence-electron chi connectivity index (χ1n) is 3.63. The zero-order valence-corrected chi connectivity index (χ0v) is 7.44. The first kappa shape index (κ1) is 9.78. The van der Waals surface area contributed by atoms with Crippen LogP contribution in [-0.2, 0) is 0 Å². The first-order valence-corrected chi connectivity index (χ1v) is 3.63. The Bertz CT molecular complexity index is 241. The minimum atomic E-state index is 1.04. The Morgan fingerprint density at radius 2 is 2.00 bits per heavy atom. The Kier molecular flexibility index (Phi) is 4.94. The van der Waals surface area contributed by atoms with E-state index in [1.165, 1.54) is 0 Å². The number of allylic oxidation sites excluding steroid dienone is 5. The van der Waals surface area contributed by atoms with Gasteiger partial charge in [0.2, 0.25) is 0 Å². The molecule has 0 saturated heterocycles. The van der Waals surface area contributed by atoms with Gasteiger partial charge in [0.25, 0.3) is 0 Å². The molecule has 0 heterocycles. The average molecular weight is 146 g/mol.